The number of nitrogens with two attached hydrogens (primary N) is 2. The monoisotopic (exact) mass is 411 g/mol. The van der Waals surface area contributed by atoms with E-state index in [4.69, 9.17) is 11.5 Å². The van der Waals surface area contributed by atoms with Crippen molar-refractivity contribution >= 4 is 28.4 Å². The van der Waals surface area contributed by atoms with Crippen LogP contribution in [0.1, 0.15) is 15.9 Å². The molecule has 0 aliphatic rings. The Morgan fingerprint density at radius 1 is 1.13 bits per heavy atom. The molecule has 0 saturated heterocycles. The number of hydrogen-bond acceptors (Lipinski definition) is 4. The van der Waals surface area contributed by atoms with E-state index >= 15 is 0 Å². The van der Waals surface area contributed by atoms with Crippen molar-refractivity contribution in [3.8, 4) is 22.4 Å². The van der Waals surface area contributed by atoms with Crippen molar-refractivity contribution in [2.24, 2.45) is 11.5 Å². The van der Waals surface area contributed by atoms with Gasteiger partial charge in [0.1, 0.15) is 0 Å². The van der Waals surface area contributed by atoms with Crippen LogP contribution in [0, 0.1) is 0 Å². The predicted octanol–water partition coefficient (Wildman–Crippen LogP) is 3.58. The zero-order valence-corrected chi connectivity index (χ0v) is 16.7. The van der Waals surface area contributed by atoms with Gasteiger partial charge in [0.2, 0.25) is 5.91 Å². The molecule has 0 aliphatic heterocycles. The topological polar surface area (TPSA) is 127 Å². The Hall–Kier alpha value is -4.23. The highest BCUT2D eigenvalue weighted by Crippen LogP contribution is 2.37. The number of fused-ring (bicyclic) bond motifs is 1. The van der Waals surface area contributed by atoms with Gasteiger partial charge in [0, 0.05) is 41.3 Å². The maximum absolute atomic E-state index is 12.1. The van der Waals surface area contributed by atoms with Gasteiger partial charge in [0.15, 0.2) is 0 Å². The van der Waals surface area contributed by atoms with Crippen molar-refractivity contribution < 1.29 is 9.59 Å². The molecule has 0 radical (unpaired) electrons. The largest absolute Gasteiger partial charge is 0.366 e. The van der Waals surface area contributed by atoms with Crippen LogP contribution >= 0.6 is 0 Å². The van der Waals surface area contributed by atoms with Crippen LogP contribution in [0.5, 0.6) is 0 Å². The number of amides is 2. The maximum Gasteiger partial charge on any atom is 0.250 e. The molecular weight excluding hydrogens is 390 g/mol. The van der Waals surface area contributed by atoms with E-state index in [1.165, 1.54) is 6.08 Å². The van der Waals surface area contributed by atoms with Gasteiger partial charge < -0.3 is 21.8 Å². The van der Waals surface area contributed by atoms with Crippen molar-refractivity contribution in [3.63, 3.8) is 0 Å². The van der Waals surface area contributed by atoms with Crippen LogP contribution in [0.15, 0.2) is 73.6 Å². The number of pyridine rings is 1. The van der Waals surface area contributed by atoms with Gasteiger partial charge in [-0.3, -0.25) is 14.6 Å². The quantitative estimate of drug-likeness (QED) is 0.362. The minimum Gasteiger partial charge on any atom is -0.366 e. The minimum atomic E-state index is -0.526. The van der Waals surface area contributed by atoms with Crippen LogP contribution in [0.4, 0.5) is 5.69 Å². The van der Waals surface area contributed by atoms with Crippen LogP contribution in [-0.4, -0.2) is 21.8 Å². The molecule has 0 spiro atoms. The zero-order chi connectivity index (χ0) is 22.0. The lowest BCUT2D eigenvalue weighted by atomic mass is 9.93. The SMILES string of the molecule is C=CC(=O)Nc1cccc(-c2ccc(C(N)=O)c3[nH]c(-c4cccnc4)cc23)c1CN. The summed E-state index contributed by atoms with van der Waals surface area (Å²) in [6, 6.07) is 14.8. The molecule has 0 unspecified atom stereocenters. The average molecular weight is 411 g/mol. The van der Waals surface area contributed by atoms with E-state index in [9.17, 15) is 9.59 Å². The summed E-state index contributed by atoms with van der Waals surface area (Å²) in [6.45, 7) is 3.71. The lowest BCUT2D eigenvalue weighted by Gasteiger charge is -2.15. The van der Waals surface area contributed by atoms with Crippen LogP contribution in [-0.2, 0) is 11.3 Å². The molecule has 7 heteroatoms. The second-order valence-electron chi connectivity index (χ2n) is 6.97. The molecule has 154 valence electrons. The molecule has 7 nitrogen and oxygen atoms in total. The van der Waals surface area contributed by atoms with Gasteiger partial charge in [-0.05, 0) is 53.1 Å². The van der Waals surface area contributed by atoms with Gasteiger partial charge in [-0.15, -0.1) is 0 Å². The number of nitrogens with one attached hydrogen (secondary N) is 2. The number of carbonyl (C=O) groups excluding carboxylic acids is 2. The molecule has 2 aromatic carbocycles. The summed E-state index contributed by atoms with van der Waals surface area (Å²) < 4.78 is 0. The van der Waals surface area contributed by atoms with E-state index in [-0.39, 0.29) is 12.5 Å². The second kappa shape index (κ2) is 8.25. The van der Waals surface area contributed by atoms with E-state index in [1.807, 2.05) is 36.4 Å². The molecule has 0 saturated carbocycles. The minimum absolute atomic E-state index is 0.210. The van der Waals surface area contributed by atoms with Gasteiger partial charge in [0.25, 0.3) is 5.91 Å². The van der Waals surface area contributed by atoms with Crippen LogP contribution in [0.3, 0.4) is 0 Å². The zero-order valence-electron chi connectivity index (χ0n) is 16.7. The first-order chi connectivity index (χ1) is 15.0. The summed E-state index contributed by atoms with van der Waals surface area (Å²) in [4.78, 5) is 31.4. The number of hydrogen-bond donors (Lipinski definition) is 4. The molecule has 4 aromatic rings. The lowest BCUT2D eigenvalue weighted by molar-refractivity contribution is -0.111. The number of nitrogens with zero attached hydrogens (tertiary/aromatic N) is 1. The molecule has 2 amide bonds. The number of H-pyrrole nitrogens is 1. The molecule has 0 aliphatic carbocycles. The van der Waals surface area contributed by atoms with Crippen molar-refractivity contribution in [3.05, 3.63) is 84.7 Å². The predicted molar refractivity (Wildman–Crippen MR) is 122 cm³/mol. The highest BCUT2D eigenvalue weighted by atomic mass is 16.1. The van der Waals surface area contributed by atoms with Crippen LogP contribution in [0.2, 0.25) is 0 Å². The van der Waals surface area contributed by atoms with Crippen molar-refractivity contribution in [1.29, 1.82) is 0 Å². The molecule has 2 aromatic heterocycles. The fourth-order valence-electron chi connectivity index (χ4n) is 3.70. The number of benzene rings is 2. The smallest absolute Gasteiger partial charge is 0.250 e. The third-order valence-electron chi connectivity index (χ3n) is 5.15. The van der Waals surface area contributed by atoms with E-state index < -0.39 is 5.91 Å². The number of primary amides is 1. The van der Waals surface area contributed by atoms with Crippen molar-refractivity contribution in [2.45, 2.75) is 6.54 Å². The Bertz CT molecular complexity index is 1310. The maximum atomic E-state index is 12.1. The van der Waals surface area contributed by atoms with Crippen molar-refractivity contribution in [2.75, 3.05) is 5.32 Å². The summed E-state index contributed by atoms with van der Waals surface area (Å²) in [7, 11) is 0. The molecule has 31 heavy (non-hydrogen) atoms. The summed E-state index contributed by atoms with van der Waals surface area (Å²) in [5.41, 5.74) is 17.5. The second-order valence-corrected chi connectivity index (χ2v) is 6.97. The highest BCUT2D eigenvalue weighted by Gasteiger charge is 2.18. The number of aromatic nitrogens is 2. The van der Waals surface area contributed by atoms with Gasteiger partial charge in [-0.2, -0.15) is 0 Å². The Morgan fingerprint density at radius 3 is 2.65 bits per heavy atom. The molecule has 0 fully saturated rings. The number of rotatable bonds is 6. The van der Waals surface area contributed by atoms with E-state index in [1.54, 1.807) is 24.5 Å². The lowest BCUT2D eigenvalue weighted by Crippen LogP contribution is -2.13. The molecular formula is C24H21N5O2. The molecule has 2 heterocycles. The Morgan fingerprint density at radius 2 is 1.97 bits per heavy atom. The number of aromatic amines is 1. The third kappa shape index (κ3) is 3.70. The van der Waals surface area contributed by atoms with Crippen LogP contribution < -0.4 is 16.8 Å². The van der Waals surface area contributed by atoms with Gasteiger partial charge in [-0.25, -0.2) is 0 Å². The summed E-state index contributed by atoms with van der Waals surface area (Å²) in [6.07, 6.45) is 4.65. The summed E-state index contributed by atoms with van der Waals surface area (Å²) in [5.74, 6) is -0.844. The Balaban J connectivity index is 1.97. The highest BCUT2D eigenvalue weighted by molar-refractivity contribution is 6.11. The first-order valence-electron chi connectivity index (χ1n) is 9.65. The summed E-state index contributed by atoms with van der Waals surface area (Å²) >= 11 is 0. The first kappa shape index (κ1) is 20.1. The van der Waals surface area contributed by atoms with E-state index in [2.05, 4.69) is 21.9 Å². The van der Waals surface area contributed by atoms with Crippen LogP contribution in [0.25, 0.3) is 33.3 Å². The van der Waals surface area contributed by atoms with E-state index in [0.29, 0.717) is 16.8 Å². The number of carbonyl (C=O) groups is 2. The summed E-state index contributed by atoms with van der Waals surface area (Å²) in [5, 5.41) is 3.62. The molecule has 0 atom stereocenters. The Kier molecular flexibility index (Phi) is 5.34. The number of anilines is 1. The average Bonchev–Trinajstić information content (AvgIpc) is 3.24. The molecule has 0 bridgehead atoms. The molecule has 6 N–H and O–H groups in total. The fourth-order valence-corrected chi connectivity index (χ4v) is 3.70. The standard InChI is InChI=1S/C24H21N5O2/c1-2-22(30)28-20-7-3-6-15(19(20)12-25)16-8-9-17(24(26)31)23-18(16)11-21(29-23)14-5-4-10-27-13-14/h2-11,13,29H,1,12,25H2,(H2,26,31)(H,28,30). The van der Waals surface area contributed by atoms with Gasteiger partial charge >= 0.3 is 0 Å². The van der Waals surface area contributed by atoms with Gasteiger partial charge in [0.05, 0.1) is 11.1 Å². The van der Waals surface area contributed by atoms with E-state index in [0.717, 1.165) is 33.3 Å². The van der Waals surface area contributed by atoms with Crippen molar-refractivity contribution in [1.82, 2.24) is 9.97 Å². The first-order valence-corrected chi connectivity index (χ1v) is 9.65. The molecule has 4 rings (SSSR count). The fraction of sp³-hybridized carbons (Fsp3) is 0.0417. The normalized spacial score (nSPS) is 10.7. The third-order valence-corrected chi connectivity index (χ3v) is 5.15. The Labute approximate surface area is 178 Å². The van der Waals surface area contributed by atoms with Gasteiger partial charge in [-0.1, -0.05) is 24.8 Å².